The number of carbonyl (C=O) groups excluding carboxylic acids is 1. The Kier molecular flexibility index (Phi) is 7.30. The molecule has 0 saturated carbocycles. The highest BCUT2D eigenvalue weighted by atomic mass is 35.5. The van der Waals surface area contributed by atoms with E-state index in [0.29, 0.717) is 12.1 Å². The molecule has 0 spiro atoms. The minimum Gasteiger partial charge on any atom is -0.335 e. The summed E-state index contributed by atoms with van der Waals surface area (Å²) >= 11 is 5.82. The van der Waals surface area contributed by atoms with Crippen molar-refractivity contribution < 1.29 is 30.8 Å². The third-order valence-electron chi connectivity index (χ3n) is 4.20. The van der Waals surface area contributed by atoms with E-state index in [1.165, 1.54) is 7.05 Å². The zero-order valence-electron chi connectivity index (χ0n) is 17.3. The standard InChI is InChI=1S/C17H18ClF4N5O5S/c1-8(2)7-25(3)33(31,32)24-15(29)9-4-12(11(19)5-10(9)18)26-14(28)6-13(17(20,21)22)27(23)16(26)30/h4-6,8H,7,23H2,1-3H3,(H,24,29). The van der Waals surface area contributed by atoms with Gasteiger partial charge in [-0.2, -0.15) is 25.9 Å². The highest BCUT2D eigenvalue weighted by Crippen LogP contribution is 2.27. The second kappa shape index (κ2) is 9.15. The van der Waals surface area contributed by atoms with E-state index in [9.17, 15) is 40.4 Å². The van der Waals surface area contributed by atoms with Crippen molar-refractivity contribution in [3.63, 3.8) is 0 Å². The molecule has 1 aromatic heterocycles. The molecule has 3 N–H and O–H groups in total. The topological polar surface area (TPSA) is 136 Å². The molecular formula is C17H18ClF4N5O5S. The number of rotatable bonds is 6. The van der Waals surface area contributed by atoms with Crippen LogP contribution in [-0.4, -0.2) is 41.5 Å². The van der Waals surface area contributed by atoms with Crippen molar-refractivity contribution in [2.24, 2.45) is 5.92 Å². The number of aromatic nitrogens is 2. The van der Waals surface area contributed by atoms with Crippen LogP contribution in [-0.2, 0) is 16.4 Å². The number of hydrogen-bond donors (Lipinski definition) is 2. The Bertz CT molecular complexity index is 1320. The minimum absolute atomic E-state index is 0.0411. The highest BCUT2D eigenvalue weighted by molar-refractivity contribution is 7.87. The first-order valence-corrected chi connectivity index (χ1v) is 10.8. The first-order valence-electron chi connectivity index (χ1n) is 8.96. The maximum absolute atomic E-state index is 14.5. The average Bonchev–Trinajstić information content (AvgIpc) is 2.64. The molecule has 16 heteroatoms. The second-order valence-electron chi connectivity index (χ2n) is 7.25. The van der Waals surface area contributed by atoms with Gasteiger partial charge in [0.1, 0.15) is 5.82 Å². The summed E-state index contributed by atoms with van der Waals surface area (Å²) in [5.74, 6) is 2.32. The largest absolute Gasteiger partial charge is 0.433 e. The summed E-state index contributed by atoms with van der Waals surface area (Å²) < 4.78 is 80.0. The Morgan fingerprint density at radius 3 is 2.33 bits per heavy atom. The van der Waals surface area contributed by atoms with E-state index in [1.54, 1.807) is 18.6 Å². The summed E-state index contributed by atoms with van der Waals surface area (Å²) in [4.78, 5) is 37.0. The quantitative estimate of drug-likeness (QED) is 0.436. The Morgan fingerprint density at radius 1 is 1.24 bits per heavy atom. The van der Waals surface area contributed by atoms with Crippen molar-refractivity contribution in [2.45, 2.75) is 20.0 Å². The molecule has 0 saturated heterocycles. The fraction of sp³-hybridized carbons (Fsp3) is 0.353. The smallest absolute Gasteiger partial charge is 0.335 e. The maximum atomic E-state index is 14.5. The third kappa shape index (κ3) is 5.54. The van der Waals surface area contributed by atoms with Crippen LogP contribution in [0, 0.1) is 11.7 Å². The molecule has 1 amide bonds. The molecule has 1 heterocycles. The fourth-order valence-electron chi connectivity index (χ4n) is 2.74. The monoisotopic (exact) mass is 515 g/mol. The van der Waals surface area contributed by atoms with E-state index in [1.807, 2.05) is 0 Å². The molecule has 0 aliphatic rings. The molecule has 0 radical (unpaired) electrons. The number of hydrogen-bond acceptors (Lipinski definition) is 6. The Morgan fingerprint density at radius 2 is 1.82 bits per heavy atom. The van der Waals surface area contributed by atoms with Crippen molar-refractivity contribution >= 4 is 27.7 Å². The number of benzene rings is 1. The van der Waals surface area contributed by atoms with Gasteiger partial charge < -0.3 is 5.84 Å². The van der Waals surface area contributed by atoms with Gasteiger partial charge >= 0.3 is 22.1 Å². The number of nitrogen functional groups attached to an aromatic ring is 1. The van der Waals surface area contributed by atoms with Crippen LogP contribution in [0.15, 0.2) is 27.8 Å². The molecule has 0 aliphatic carbocycles. The number of halogens is 5. The van der Waals surface area contributed by atoms with E-state index in [0.717, 1.165) is 4.31 Å². The molecule has 0 aliphatic heterocycles. The number of nitrogens with one attached hydrogen (secondary N) is 1. The van der Waals surface area contributed by atoms with Crippen LogP contribution in [0.2, 0.25) is 5.02 Å². The Labute approximate surface area is 189 Å². The predicted octanol–water partition coefficient (Wildman–Crippen LogP) is 1.09. The van der Waals surface area contributed by atoms with Gasteiger partial charge in [0.2, 0.25) is 0 Å². The van der Waals surface area contributed by atoms with Gasteiger partial charge in [0.15, 0.2) is 5.69 Å². The molecule has 33 heavy (non-hydrogen) atoms. The van der Waals surface area contributed by atoms with Gasteiger partial charge in [-0.05, 0) is 18.1 Å². The lowest BCUT2D eigenvalue weighted by atomic mass is 10.1. The number of nitrogens with zero attached hydrogens (tertiary/aromatic N) is 3. The van der Waals surface area contributed by atoms with Crippen molar-refractivity contribution in [3.05, 3.63) is 61.1 Å². The van der Waals surface area contributed by atoms with Gasteiger partial charge in [0, 0.05) is 19.7 Å². The van der Waals surface area contributed by atoms with E-state index >= 15 is 0 Å². The van der Waals surface area contributed by atoms with Crippen molar-refractivity contribution in [3.8, 4) is 5.69 Å². The molecule has 0 bridgehead atoms. The number of carbonyl (C=O) groups is 1. The average molecular weight is 516 g/mol. The summed E-state index contributed by atoms with van der Waals surface area (Å²) in [7, 11) is -3.16. The van der Waals surface area contributed by atoms with Gasteiger partial charge in [0.25, 0.3) is 11.5 Å². The van der Waals surface area contributed by atoms with E-state index < -0.39 is 66.0 Å². The summed E-state index contributed by atoms with van der Waals surface area (Å²) in [6.45, 7) is 3.49. The Hall–Kier alpha value is -2.91. The molecule has 2 rings (SSSR count). The van der Waals surface area contributed by atoms with Crippen molar-refractivity contribution in [1.82, 2.24) is 18.3 Å². The molecule has 0 unspecified atom stereocenters. The van der Waals surface area contributed by atoms with Crippen LogP contribution in [0.25, 0.3) is 5.69 Å². The van der Waals surface area contributed by atoms with Crippen LogP contribution in [0.4, 0.5) is 17.6 Å². The van der Waals surface area contributed by atoms with Crippen molar-refractivity contribution in [2.75, 3.05) is 19.4 Å². The minimum atomic E-state index is -5.16. The zero-order valence-corrected chi connectivity index (χ0v) is 18.8. The lowest BCUT2D eigenvalue weighted by Crippen LogP contribution is -2.45. The number of amides is 1. The van der Waals surface area contributed by atoms with E-state index in [4.69, 9.17) is 17.4 Å². The molecule has 2 aromatic rings. The summed E-state index contributed by atoms with van der Waals surface area (Å²) in [6, 6.07) is 0.988. The third-order valence-corrected chi connectivity index (χ3v) is 5.93. The van der Waals surface area contributed by atoms with Crippen LogP contribution in [0.1, 0.15) is 29.9 Å². The van der Waals surface area contributed by atoms with Gasteiger partial charge in [-0.25, -0.2) is 23.2 Å². The fourth-order valence-corrected chi connectivity index (χ4v) is 3.97. The predicted molar refractivity (Wildman–Crippen MR) is 110 cm³/mol. The maximum Gasteiger partial charge on any atom is 0.433 e. The number of alkyl halides is 3. The van der Waals surface area contributed by atoms with Crippen LogP contribution in [0.3, 0.4) is 0 Å². The van der Waals surface area contributed by atoms with Gasteiger partial charge in [0.05, 0.1) is 16.3 Å². The summed E-state index contributed by atoms with van der Waals surface area (Å²) in [6.07, 6.45) is -5.16. The molecule has 10 nitrogen and oxygen atoms in total. The SMILES string of the molecule is CC(C)CN(C)S(=O)(=O)NC(=O)c1cc(-n2c(=O)cc(C(F)(F)F)n(N)c2=O)c(F)cc1Cl. The van der Waals surface area contributed by atoms with E-state index in [-0.39, 0.29) is 23.1 Å². The second-order valence-corrected chi connectivity index (χ2v) is 9.43. The first-order chi connectivity index (χ1) is 15.0. The van der Waals surface area contributed by atoms with Crippen LogP contribution >= 0.6 is 11.6 Å². The van der Waals surface area contributed by atoms with Gasteiger partial charge in [-0.15, -0.1) is 0 Å². The van der Waals surface area contributed by atoms with Crippen LogP contribution in [0.5, 0.6) is 0 Å². The molecule has 182 valence electrons. The van der Waals surface area contributed by atoms with Gasteiger partial charge in [-0.1, -0.05) is 25.4 Å². The van der Waals surface area contributed by atoms with Gasteiger partial charge in [-0.3, -0.25) is 9.59 Å². The lowest BCUT2D eigenvalue weighted by molar-refractivity contribution is -0.143. The lowest BCUT2D eigenvalue weighted by Gasteiger charge is -2.20. The molecule has 0 atom stereocenters. The normalized spacial score (nSPS) is 12.4. The zero-order chi connectivity index (χ0) is 25.5. The molecule has 0 fully saturated rings. The molecular weight excluding hydrogens is 498 g/mol. The van der Waals surface area contributed by atoms with E-state index in [2.05, 4.69) is 0 Å². The Balaban J connectivity index is 2.62. The number of nitrogens with two attached hydrogens (primary N) is 1. The first kappa shape index (κ1) is 26.3. The summed E-state index contributed by atoms with van der Waals surface area (Å²) in [5, 5.41) is -0.594. The molecule has 1 aromatic carbocycles. The highest BCUT2D eigenvalue weighted by Gasteiger charge is 2.36. The van der Waals surface area contributed by atoms with Crippen molar-refractivity contribution in [1.29, 1.82) is 0 Å². The summed E-state index contributed by atoms with van der Waals surface area (Å²) in [5.41, 5.74) is -6.82. The van der Waals surface area contributed by atoms with Crippen LogP contribution < -0.4 is 21.8 Å².